The second kappa shape index (κ2) is 7.17. The second-order valence-electron chi connectivity index (χ2n) is 6.76. The van der Waals surface area contributed by atoms with E-state index in [1.165, 1.54) is 5.56 Å². The number of aromatic nitrogens is 4. The van der Waals surface area contributed by atoms with Gasteiger partial charge in [0.15, 0.2) is 0 Å². The zero-order valence-electron chi connectivity index (χ0n) is 14.6. The molecular formula is C17H26N6O. The van der Waals surface area contributed by atoms with Gasteiger partial charge in [0.2, 0.25) is 5.91 Å². The van der Waals surface area contributed by atoms with Crippen molar-refractivity contribution >= 4 is 11.7 Å². The highest BCUT2D eigenvalue weighted by atomic mass is 16.2. The van der Waals surface area contributed by atoms with Crippen LogP contribution in [0.3, 0.4) is 0 Å². The summed E-state index contributed by atoms with van der Waals surface area (Å²) >= 11 is 0. The van der Waals surface area contributed by atoms with Crippen molar-refractivity contribution < 1.29 is 4.79 Å². The lowest BCUT2D eigenvalue weighted by atomic mass is 9.91. The number of carbonyl (C=O) groups excluding carboxylic acids is 1. The Morgan fingerprint density at radius 1 is 1.33 bits per heavy atom. The lowest BCUT2D eigenvalue weighted by molar-refractivity contribution is -0.121. The van der Waals surface area contributed by atoms with Crippen LogP contribution >= 0.6 is 0 Å². The van der Waals surface area contributed by atoms with Crippen LogP contribution in [0.4, 0.5) is 5.82 Å². The van der Waals surface area contributed by atoms with Gasteiger partial charge in [-0.05, 0) is 58.2 Å². The topological polar surface area (TPSA) is 78.8 Å². The Morgan fingerprint density at radius 2 is 2.08 bits per heavy atom. The van der Waals surface area contributed by atoms with E-state index < -0.39 is 0 Å². The molecule has 0 radical (unpaired) electrons. The minimum absolute atomic E-state index is 0.0270. The van der Waals surface area contributed by atoms with Gasteiger partial charge in [0.05, 0.1) is 18.4 Å². The fourth-order valence-corrected chi connectivity index (χ4v) is 3.33. The summed E-state index contributed by atoms with van der Waals surface area (Å²) in [5.41, 5.74) is 1.27. The number of hydrogen-bond acceptors (Lipinski definition) is 4. The van der Waals surface area contributed by atoms with E-state index in [9.17, 15) is 4.79 Å². The van der Waals surface area contributed by atoms with Gasteiger partial charge in [0.1, 0.15) is 5.82 Å². The third kappa shape index (κ3) is 3.51. The minimum Gasteiger partial charge on any atom is -0.310 e. The molecule has 0 bridgehead atoms. The second-order valence-corrected chi connectivity index (χ2v) is 6.76. The molecule has 0 spiro atoms. The van der Waals surface area contributed by atoms with Crippen molar-refractivity contribution in [2.24, 2.45) is 0 Å². The molecule has 1 aliphatic rings. The number of H-pyrrole nitrogens is 1. The van der Waals surface area contributed by atoms with Gasteiger partial charge in [-0.25, -0.2) is 4.68 Å². The Balaban J connectivity index is 1.56. The van der Waals surface area contributed by atoms with Crippen LogP contribution in [-0.4, -0.2) is 49.9 Å². The molecule has 130 valence electrons. The van der Waals surface area contributed by atoms with Crippen LogP contribution < -0.4 is 5.32 Å². The summed E-state index contributed by atoms with van der Waals surface area (Å²) < 4.78 is 1.83. The molecule has 3 heterocycles. The van der Waals surface area contributed by atoms with E-state index in [1.54, 1.807) is 6.20 Å². The zero-order chi connectivity index (χ0) is 17.1. The Bertz CT molecular complexity index is 654. The van der Waals surface area contributed by atoms with Crippen molar-refractivity contribution in [1.29, 1.82) is 0 Å². The van der Waals surface area contributed by atoms with E-state index in [4.69, 9.17) is 0 Å². The predicted octanol–water partition coefficient (Wildman–Crippen LogP) is 2.39. The maximum atomic E-state index is 12.6. The first kappa shape index (κ1) is 16.7. The van der Waals surface area contributed by atoms with Gasteiger partial charge in [-0.3, -0.25) is 14.8 Å². The SMILES string of the molecule is CC(C)n1nccc1NC(=O)[C@H](C)N1CCC(c2cn[nH]c2)CC1. The molecule has 2 aromatic rings. The highest BCUT2D eigenvalue weighted by Gasteiger charge is 2.28. The normalized spacial score (nSPS) is 18.0. The minimum atomic E-state index is -0.147. The summed E-state index contributed by atoms with van der Waals surface area (Å²) in [6.45, 7) is 7.92. The van der Waals surface area contributed by atoms with Crippen molar-refractivity contribution in [3.8, 4) is 0 Å². The standard InChI is InChI=1S/C17H26N6O/c1-12(2)23-16(4-7-20-23)21-17(24)13(3)22-8-5-14(6-9-22)15-10-18-19-11-15/h4,7,10-14H,5-6,8-9H2,1-3H3,(H,18,19)(H,21,24)/t13-/m0/s1. The Morgan fingerprint density at radius 3 is 2.71 bits per heavy atom. The molecule has 1 aliphatic heterocycles. The average Bonchev–Trinajstić information content (AvgIpc) is 3.26. The third-order valence-corrected chi connectivity index (χ3v) is 4.86. The number of carbonyl (C=O) groups is 1. The number of piperidine rings is 1. The quantitative estimate of drug-likeness (QED) is 0.882. The molecule has 1 saturated heterocycles. The van der Waals surface area contributed by atoms with Gasteiger partial charge >= 0.3 is 0 Å². The highest BCUT2D eigenvalue weighted by molar-refractivity contribution is 5.93. The molecule has 7 nitrogen and oxygen atoms in total. The first-order chi connectivity index (χ1) is 11.6. The first-order valence-electron chi connectivity index (χ1n) is 8.63. The maximum absolute atomic E-state index is 12.6. The van der Waals surface area contributed by atoms with Gasteiger partial charge in [-0.1, -0.05) is 0 Å². The van der Waals surface area contributed by atoms with Crippen LogP contribution in [0.2, 0.25) is 0 Å². The molecule has 2 N–H and O–H groups in total. The number of anilines is 1. The van der Waals surface area contributed by atoms with Crippen molar-refractivity contribution in [2.45, 2.75) is 51.6 Å². The number of amides is 1. The fourth-order valence-electron chi connectivity index (χ4n) is 3.33. The predicted molar refractivity (Wildman–Crippen MR) is 92.8 cm³/mol. The molecule has 1 atom stereocenters. The first-order valence-corrected chi connectivity index (χ1v) is 8.63. The number of nitrogens with one attached hydrogen (secondary N) is 2. The molecule has 1 amide bonds. The molecular weight excluding hydrogens is 304 g/mol. The lowest BCUT2D eigenvalue weighted by Gasteiger charge is -2.35. The Labute approximate surface area is 142 Å². The Kier molecular flexibility index (Phi) is 4.99. The summed E-state index contributed by atoms with van der Waals surface area (Å²) in [7, 11) is 0. The lowest BCUT2D eigenvalue weighted by Crippen LogP contribution is -2.46. The molecule has 1 fully saturated rings. The van der Waals surface area contributed by atoms with Gasteiger partial charge in [0.25, 0.3) is 0 Å². The van der Waals surface area contributed by atoms with Crippen molar-refractivity contribution in [3.05, 3.63) is 30.2 Å². The monoisotopic (exact) mass is 330 g/mol. The summed E-state index contributed by atoms with van der Waals surface area (Å²) in [4.78, 5) is 14.8. The smallest absolute Gasteiger partial charge is 0.242 e. The molecule has 0 saturated carbocycles. The van der Waals surface area contributed by atoms with Crippen molar-refractivity contribution in [3.63, 3.8) is 0 Å². The van der Waals surface area contributed by atoms with Gasteiger partial charge in [-0.15, -0.1) is 0 Å². The van der Waals surface area contributed by atoms with E-state index in [1.807, 2.05) is 43.9 Å². The van der Waals surface area contributed by atoms with Crippen LogP contribution in [0.15, 0.2) is 24.7 Å². The van der Waals surface area contributed by atoms with Crippen LogP contribution in [0, 0.1) is 0 Å². The molecule has 0 aliphatic carbocycles. The average molecular weight is 330 g/mol. The number of rotatable bonds is 5. The molecule has 0 aromatic carbocycles. The van der Waals surface area contributed by atoms with Crippen LogP contribution in [0.25, 0.3) is 0 Å². The highest BCUT2D eigenvalue weighted by Crippen LogP contribution is 2.28. The van der Waals surface area contributed by atoms with E-state index in [-0.39, 0.29) is 18.0 Å². The molecule has 24 heavy (non-hydrogen) atoms. The number of hydrogen-bond donors (Lipinski definition) is 2. The molecule has 2 aromatic heterocycles. The fraction of sp³-hybridized carbons (Fsp3) is 0.588. The summed E-state index contributed by atoms with van der Waals surface area (Å²) in [6, 6.07) is 1.91. The van der Waals surface area contributed by atoms with Gasteiger partial charge < -0.3 is 5.32 Å². The van der Waals surface area contributed by atoms with Gasteiger partial charge in [0, 0.05) is 18.3 Å². The molecule has 7 heteroatoms. The van der Waals surface area contributed by atoms with Gasteiger partial charge in [-0.2, -0.15) is 10.2 Å². The number of likely N-dealkylation sites (tertiary alicyclic amines) is 1. The Hall–Kier alpha value is -2.15. The summed E-state index contributed by atoms with van der Waals surface area (Å²) in [5.74, 6) is 1.33. The van der Waals surface area contributed by atoms with E-state index >= 15 is 0 Å². The van der Waals surface area contributed by atoms with E-state index in [2.05, 4.69) is 25.5 Å². The summed E-state index contributed by atoms with van der Waals surface area (Å²) in [6.07, 6.45) is 7.71. The zero-order valence-corrected chi connectivity index (χ0v) is 14.6. The third-order valence-electron chi connectivity index (χ3n) is 4.86. The molecule has 3 rings (SSSR count). The van der Waals surface area contributed by atoms with Crippen LogP contribution in [0.5, 0.6) is 0 Å². The van der Waals surface area contributed by atoms with Crippen LogP contribution in [0.1, 0.15) is 51.1 Å². The number of aromatic amines is 1. The van der Waals surface area contributed by atoms with E-state index in [0.717, 1.165) is 31.7 Å². The number of nitrogens with zero attached hydrogens (tertiary/aromatic N) is 4. The maximum Gasteiger partial charge on any atom is 0.242 e. The largest absolute Gasteiger partial charge is 0.310 e. The van der Waals surface area contributed by atoms with Crippen LogP contribution in [-0.2, 0) is 4.79 Å². The van der Waals surface area contributed by atoms with Crippen molar-refractivity contribution in [2.75, 3.05) is 18.4 Å². The molecule has 0 unspecified atom stereocenters. The van der Waals surface area contributed by atoms with Crippen molar-refractivity contribution in [1.82, 2.24) is 24.9 Å². The van der Waals surface area contributed by atoms with E-state index in [0.29, 0.717) is 5.92 Å². The summed E-state index contributed by atoms with van der Waals surface area (Å²) in [5, 5.41) is 14.2.